The summed E-state index contributed by atoms with van der Waals surface area (Å²) >= 11 is 0. The molecule has 0 saturated carbocycles. The number of carbonyl (C=O) groups is 1. The zero-order valence-electron chi connectivity index (χ0n) is 13.9. The van der Waals surface area contributed by atoms with Gasteiger partial charge in [-0.2, -0.15) is 15.2 Å². The first-order chi connectivity index (χ1) is 13.3. The highest BCUT2D eigenvalue weighted by Gasteiger charge is 2.53. The van der Waals surface area contributed by atoms with Crippen molar-refractivity contribution in [1.82, 2.24) is 15.2 Å². The van der Waals surface area contributed by atoms with Gasteiger partial charge in [-0.3, -0.25) is 9.89 Å². The van der Waals surface area contributed by atoms with Crippen molar-refractivity contribution in [3.63, 3.8) is 0 Å². The molecule has 2 aromatic rings. The third-order valence-corrected chi connectivity index (χ3v) is 4.31. The number of benzene rings is 1. The fraction of sp³-hybridized carbons (Fsp3) is 0.312. The molecule has 1 atom stereocenters. The first kappa shape index (κ1) is 18.2. The van der Waals surface area contributed by atoms with Crippen molar-refractivity contribution in [3.05, 3.63) is 30.0 Å². The third kappa shape index (κ3) is 2.85. The lowest BCUT2D eigenvalue weighted by molar-refractivity contribution is -0.164. The van der Waals surface area contributed by atoms with Gasteiger partial charge >= 0.3 is 0 Å². The van der Waals surface area contributed by atoms with E-state index < -0.39 is 36.6 Å². The van der Waals surface area contributed by atoms with E-state index in [1.54, 1.807) is 18.2 Å². The molecular formula is C16H12F4N4O4. The SMILES string of the molecule is O=C(c1cc(-c2ccc3c(c2)OCO3)n[nH]1)N1N=C(C(F)F)CC1(O)C(F)F. The molecule has 4 rings (SSSR count). The van der Waals surface area contributed by atoms with E-state index in [1.165, 1.54) is 6.07 Å². The van der Waals surface area contributed by atoms with Crippen LogP contribution in [0.5, 0.6) is 11.5 Å². The van der Waals surface area contributed by atoms with Gasteiger partial charge in [0.15, 0.2) is 11.5 Å². The van der Waals surface area contributed by atoms with Crippen molar-refractivity contribution in [2.45, 2.75) is 25.0 Å². The molecule has 0 aliphatic carbocycles. The molecule has 0 bridgehead atoms. The van der Waals surface area contributed by atoms with Crippen LogP contribution in [-0.4, -0.2) is 57.3 Å². The van der Waals surface area contributed by atoms with Gasteiger partial charge in [-0.25, -0.2) is 17.6 Å². The normalized spacial score (nSPS) is 21.0. The van der Waals surface area contributed by atoms with Crippen LogP contribution >= 0.6 is 0 Å². The van der Waals surface area contributed by atoms with Crippen LogP contribution in [0.2, 0.25) is 0 Å². The summed E-state index contributed by atoms with van der Waals surface area (Å²) in [6.07, 6.45) is -7.85. The summed E-state index contributed by atoms with van der Waals surface area (Å²) in [4.78, 5) is 12.5. The van der Waals surface area contributed by atoms with E-state index in [9.17, 15) is 27.5 Å². The lowest BCUT2D eigenvalue weighted by atomic mass is 10.1. The largest absolute Gasteiger partial charge is 0.454 e. The number of hydrogen-bond acceptors (Lipinski definition) is 6. The summed E-state index contributed by atoms with van der Waals surface area (Å²) in [7, 11) is 0. The molecule has 1 unspecified atom stereocenters. The summed E-state index contributed by atoms with van der Waals surface area (Å²) in [5.74, 6) is -0.229. The molecule has 0 saturated heterocycles. The van der Waals surface area contributed by atoms with Crippen molar-refractivity contribution < 1.29 is 36.9 Å². The van der Waals surface area contributed by atoms with Crippen LogP contribution in [0.15, 0.2) is 29.4 Å². The predicted molar refractivity (Wildman–Crippen MR) is 85.3 cm³/mol. The highest BCUT2D eigenvalue weighted by molar-refractivity contribution is 5.98. The van der Waals surface area contributed by atoms with Crippen LogP contribution in [0.1, 0.15) is 16.9 Å². The Balaban J connectivity index is 1.63. The molecule has 2 aliphatic rings. The Kier molecular flexibility index (Phi) is 4.22. The quantitative estimate of drug-likeness (QED) is 0.767. The molecule has 148 valence electrons. The number of aliphatic hydroxyl groups is 1. The van der Waals surface area contributed by atoms with E-state index in [0.717, 1.165) is 0 Å². The molecule has 12 heteroatoms. The maximum absolute atomic E-state index is 13.3. The number of alkyl halides is 4. The monoisotopic (exact) mass is 400 g/mol. The number of halogens is 4. The minimum absolute atomic E-state index is 0.0316. The highest BCUT2D eigenvalue weighted by Crippen LogP contribution is 2.37. The highest BCUT2D eigenvalue weighted by atomic mass is 19.3. The first-order valence-corrected chi connectivity index (χ1v) is 7.95. The van der Waals surface area contributed by atoms with Crippen molar-refractivity contribution in [3.8, 4) is 22.8 Å². The van der Waals surface area contributed by atoms with Gasteiger partial charge in [0.2, 0.25) is 12.5 Å². The molecule has 28 heavy (non-hydrogen) atoms. The second kappa shape index (κ2) is 6.48. The zero-order chi connectivity index (χ0) is 20.1. The van der Waals surface area contributed by atoms with Crippen molar-refractivity contribution in [2.75, 3.05) is 6.79 Å². The van der Waals surface area contributed by atoms with Crippen LogP contribution in [0.3, 0.4) is 0 Å². The van der Waals surface area contributed by atoms with Gasteiger partial charge in [-0.1, -0.05) is 0 Å². The molecule has 8 nitrogen and oxygen atoms in total. The van der Waals surface area contributed by atoms with Gasteiger partial charge in [-0.05, 0) is 24.3 Å². The maximum atomic E-state index is 13.3. The molecule has 1 amide bonds. The fourth-order valence-electron chi connectivity index (χ4n) is 2.85. The van der Waals surface area contributed by atoms with Crippen molar-refractivity contribution >= 4 is 11.6 Å². The van der Waals surface area contributed by atoms with Crippen molar-refractivity contribution in [1.29, 1.82) is 0 Å². The minimum Gasteiger partial charge on any atom is -0.454 e. The summed E-state index contributed by atoms with van der Waals surface area (Å²) in [6, 6.07) is 6.09. The molecule has 3 heterocycles. The van der Waals surface area contributed by atoms with Crippen LogP contribution in [0, 0.1) is 0 Å². The number of ether oxygens (including phenoxy) is 2. The Morgan fingerprint density at radius 2 is 1.96 bits per heavy atom. The van der Waals surface area contributed by atoms with E-state index in [2.05, 4.69) is 15.3 Å². The van der Waals surface area contributed by atoms with Crippen molar-refractivity contribution in [2.24, 2.45) is 5.10 Å². The number of amides is 1. The average molecular weight is 400 g/mol. The van der Waals surface area contributed by atoms with E-state index in [1.807, 2.05) is 0 Å². The number of carbonyl (C=O) groups excluding carboxylic acids is 1. The van der Waals surface area contributed by atoms with E-state index in [4.69, 9.17) is 9.47 Å². The Hall–Kier alpha value is -3.15. The van der Waals surface area contributed by atoms with Gasteiger partial charge < -0.3 is 14.6 Å². The summed E-state index contributed by atoms with van der Waals surface area (Å²) < 4.78 is 62.7. The Labute approximate surface area is 154 Å². The van der Waals surface area contributed by atoms with Crippen LogP contribution < -0.4 is 9.47 Å². The molecule has 0 radical (unpaired) electrons. The molecule has 2 aliphatic heterocycles. The maximum Gasteiger partial charge on any atom is 0.294 e. The van der Waals surface area contributed by atoms with Gasteiger partial charge in [0.1, 0.15) is 11.4 Å². The number of nitrogens with one attached hydrogen (secondary N) is 1. The van der Waals surface area contributed by atoms with Gasteiger partial charge in [0, 0.05) is 12.0 Å². The number of aromatic nitrogens is 2. The second-order valence-corrected chi connectivity index (χ2v) is 6.10. The molecule has 1 aromatic heterocycles. The Bertz CT molecular complexity index is 964. The van der Waals surface area contributed by atoms with Gasteiger partial charge in [0.05, 0.1) is 5.69 Å². The fourth-order valence-corrected chi connectivity index (χ4v) is 2.85. The number of H-pyrrole nitrogens is 1. The summed E-state index contributed by atoms with van der Waals surface area (Å²) in [5.41, 5.74) is -3.69. The molecule has 1 aromatic carbocycles. The van der Waals surface area contributed by atoms with E-state index in [-0.39, 0.29) is 23.2 Å². The van der Waals surface area contributed by atoms with Gasteiger partial charge in [-0.15, -0.1) is 0 Å². The zero-order valence-corrected chi connectivity index (χ0v) is 13.9. The lowest BCUT2D eigenvalue weighted by Gasteiger charge is -2.29. The van der Waals surface area contributed by atoms with Crippen LogP contribution in [0.4, 0.5) is 17.6 Å². The minimum atomic E-state index is -3.51. The van der Waals surface area contributed by atoms with Crippen LogP contribution in [0.25, 0.3) is 11.3 Å². The summed E-state index contributed by atoms with van der Waals surface area (Å²) in [5, 5.41) is 19.5. The van der Waals surface area contributed by atoms with E-state index >= 15 is 0 Å². The number of hydrazone groups is 1. The topological polar surface area (TPSA) is 100 Å². The lowest BCUT2D eigenvalue weighted by Crippen LogP contribution is -2.51. The molecule has 2 N–H and O–H groups in total. The standard InChI is InChI=1S/C16H12F4N4O4/c17-13(18)10-5-16(26,15(19)20)24(23-10)14(25)9-4-8(21-22-9)7-1-2-11-12(3-7)28-6-27-11/h1-4,13,15,26H,5-6H2,(H,21,22). The summed E-state index contributed by atoms with van der Waals surface area (Å²) in [6.45, 7) is 0.0642. The average Bonchev–Trinajstić information content (AvgIpc) is 3.38. The van der Waals surface area contributed by atoms with Crippen LogP contribution in [-0.2, 0) is 0 Å². The Morgan fingerprint density at radius 3 is 2.68 bits per heavy atom. The number of aromatic amines is 1. The third-order valence-electron chi connectivity index (χ3n) is 4.31. The van der Waals surface area contributed by atoms with E-state index in [0.29, 0.717) is 17.1 Å². The predicted octanol–water partition coefficient (Wildman–Crippen LogP) is 2.23. The second-order valence-electron chi connectivity index (χ2n) is 6.10. The first-order valence-electron chi connectivity index (χ1n) is 7.95. The number of rotatable bonds is 4. The van der Waals surface area contributed by atoms with Gasteiger partial charge in [0.25, 0.3) is 18.8 Å². The number of nitrogens with zero attached hydrogens (tertiary/aromatic N) is 3. The molecular weight excluding hydrogens is 388 g/mol. The smallest absolute Gasteiger partial charge is 0.294 e. The Morgan fingerprint density at radius 1 is 1.21 bits per heavy atom. The number of fused-ring (bicyclic) bond motifs is 1. The molecule has 0 fully saturated rings. The number of hydrogen-bond donors (Lipinski definition) is 2. The molecule has 0 spiro atoms.